The van der Waals surface area contributed by atoms with Crippen molar-refractivity contribution < 1.29 is 9.18 Å². The minimum Gasteiger partial charge on any atom is -0.353 e. The van der Waals surface area contributed by atoms with E-state index in [1.165, 1.54) is 23.7 Å². The van der Waals surface area contributed by atoms with Crippen LogP contribution < -0.4 is 10.2 Å². The van der Waals surface area contributed by atoms with Gasteiger partial charge in [-0.2, -0.15) is 4.37 Å². The van der Waals surface area contributed by atoms with Crippen molar-refractivity contribution in [3.05, 3.63) is 41.5 Å². The van der Waals surface area contributed by atoms with Crippen molar-refractivity contribution in [3.8, 4) is 0 Å². The summed E-state index contributed by atoms with van der Waals surface area (Å²) in [4.78, 5) is 18.8. The number of nitrogens with one attached hydrogen (secondary N) is 1. The molecule has 1 saturated carbocycles. The molecule has 0 bridgehead atoms. The number of rotatable bonds is 9. The van der Waals surface area contributed by atoms with E-state index in [1.807, 2.05) is 0 Å². The molecule has 140 valence electrons. The first-order valence-electron chi connectivity index (χ1n) is 9.18. The monoisotopic (exact) mass is 376 g/mol. The summed E-state index contributed by atoms with van der Waals surface area (Å²) in [5.74, 6) is 0.595. The van der Waals surface area contributed by atoms with E-state index >= 15 is 0 Å². The summed E-state index contributed by atoms with van der Waals surface area (Å²) in [6.45, 7) is 4.90. The zero-order chi connectivity index (χ0) is 18.5. The summed E-state index contributed by atoms with van der Waals surface area (Å²) in [5.41, 5.74) is 0.981. The fraction of sp³-hybridized carbons (Fsp3) is 0.526. The van der Waals surface area contributed by atoms with Crippen molar-refractivity contribution in [2.75, 3.05) is 11.4 Å². The van der Waals surface area contributed by atoms with E-state index in [9.17, 15) is 9.18 Å². The SMILES string of the molecule is CCC(C)N(CCC(=O)NC1CC1)c1nc(Cc2ccc(F)cc2)ns1. The lowest BCUT2D eigenvalue weighted by atomic mass is 10.1. The number of aromatic nitrogens is 2. The van der Waals surface area contributed by atoms with Crippen LogP contribution in [0.4, 0.5) is 9.52 Å². The van der Waals surface area contributed by atoms with Crippen LogP contribution in [-0.2, 0) is 11.2 Å². The first kappa shape index (κ1) is 18.8. The molecule has 3 rings (SSSR count). The molecule has 5 nitrogen and oxygen atoms in total. The fourth-order valence-corrected chi connectivity index (χ4v) is 3.51. The van der Waals surface area contributed by atoms with Gasteiger partial charge in [-0.25, -0.2) is 9.37 Å². The van der Waals surface area contributed by atoms with Crippen LogP contribution in [0.1, 0.15) is 50.9 Å². The van der Waals surface area contributed by atoms with Gasteiger partial charge in [0.25, 0.3) is 0 Å². The minimum absolute atomic E-state index is 0.108. The number of amides is 1. The van der Waals surface area contributed by atoms with Crippen molar-refractivity contribution in [1.82, 2.24) is 14.7 Å². The molecule has 2 aromatic rings. The lowest BCUT2D eigenvalue weighted by Crippen LogP contribution is -2.37. The van der Waals surface area contributed by atoms with E-state index in [1.54, 1.807) is 12.1 Å². The zero-order valence-electron chi connectivity index (χ0n) is 15.2. The Morgan fingerprint density at radius 1 is 1.38 bits per heavy atom. The molecule has 0 saturated heterocycles. The summed E-state index contributed by atoms with van der Waals surface area (Å²) in [6.07, 6.45) is 4.21. The molecule has 0 radical (unpaired) electrons. The van der Waals surface area contributed by atoms with E-state index in [-0.39, 0.29) is 17.8 Å². The highest BCUT2D eigenvalue weighted by Gasteiger charge is 2.24. The summed E-state index contributed by atoms with van der Waals surface area (Å²) in [5, 5.41) is 3.87. The van der Waals surface area contributed by atoms with Gasteiger partial charge in [-0.05, 0) is 43.9 Å². The van der Waals surface area contributed by atoms with Gasteiger partial charge in [0, 0.05) is 43.0 Å². The number of carbonyl (C=O) groups is 1. The van der Waals surface area contributed by atoms with Gasteiger partial charge in [0.2, 0.25) is 11.0 Å². The van der Waals surface area contributed by atoms with Gasteiger partial charge in [-0.15, -0.1) is 0 Å². The molecular formula is C19H25FN4OS. The maximum absolute atomic E-state index is 13.0. The number of hydrogen-bond acceptors (Lipinski definition) is 5. The highest BCUT2D eigenvalue weighted by atomic mass is 32.1. The molecule has 1 aliphatic carbocycles. The van der Waals surface area contributed by atoms with E-state index in [0.717, 1.165) is 35.8 Å². The van der Waals surface area contributed by atoms with E-state index in [0.29, 0.717) is 25.4 Å². The van der Waals surface area contributed by atoms with Gasteiger partial charge in [-0.1, -0.05) is 19.1 Å². The predicted molar refractivity (Wildman–Crippen MR) is 102 cm³/mol. The van der Waals surface area contributed by atoms with Crippen LogP contribution in [0.15, 0.2) is 24.3 Å². The molecule has 26 heavy (non-hydrogen) atoms. The average molecular weight is 377 g/mol. The molecule has 1 aromatic carbocycles. The second kappa shape index (κ2) is 8.58. The fourth-order valence-electron chi connectivity index (χ4n) is 2.69. The minimum atomic E-state index is -0.243. The summed E-state index contributed by atoms with van der Waals surface area (Å²) in [7, 11) is 0. The van der Waals surface area contributed by atoms with Crippen molar-refractivity contribution >= 4 is 22.6 Å². The normalized spacial score (nSPS) is 14.9. The van der Waals surface area contributed by atoms with E-state index in [4.69, 9.17) is 0 Å². The van der Waals surface area contributed by atoms with Gasteiger partial charge in [0.05, 0.1) is 0 Å². The van der Waals surface area contributed by atoms with E-state index < -0.39 is 0 Å². The first-order chi connectivity index (χ1) is 12.5. The Labute approximate surface area is 157 Å². The standard InChI is InChI=1S/C19H25FN4OS/c1-3-13(2)24(11-10-18(25)21-16-8-9-16)19-22-17(23-26-19)12-14-4-6-15(20)7-5-14/h4-7,13,16H,3,8-12H2,1-2H3,(H,21,25). The maximum atomic E-state index is 13.0. The summed E-state index contributed by atoms with van der Waals surface area (Å²) >= 11 is 1.36. The smallest absolute Gasteiger partial charge is 0.221 e. The lowest BCUT2D eigenvalue weighted by molar-refractivity contribution is -0.121. The number of hydrogen-bond donors (Lipinski definition) is 1. The number of carbonyl (C=O) groups excluding carboxylic acids is 1. The maximum Gasteiger partial charge on any atom is 0.221 e. The Morgan fingerprint density at radius 2 is 2.12 bits per heavy atom. The average Bonchev–Trinajstić information content (AvgIpc) is 3.33. The largest absolute Gasteiger partial charge is 0.353 e. The third-order valence-corrected chi connectivity index (χ3v) is 5.41. The van der Waals surface area contributed by atoms with Crippen LogP contribution in [-0.4, -0.2) is 33.9 Å². The van der Waals surface area contributed by atoms with Gasteiger partial charge < -0.3 is 10.2 Å². The molecule has 0 spiro atoms. The molecule has 1 atom stereocenters. The second-order valence-corrected chi connectivity index (χ2v) is 7.57. The Hall–Kier alpha value is -2.02. The Bertz CT molecular complexity index is 729. The predicted octanol–water partition coefficient (Wildman–Crippen LogP) is 3.54. The zero-order valence-corrected chi connectivity index (χ0v) is 16.1. The summed E-state index contributed by atoms with van der Waals surface area (Å²) < 4.78 is 17.5. The van der Waals surface area contributed by atoms with Gasteiger partial charge >= 0.3 is 0 Å². The Morgan fingerprint density at radius 3 is 2.77 bits per heavy atom. The molecule has 1 aromatic heterocycles. The number of halogens is 1. The molecule has 0 aliphatic heterocycles. The lowest BCUT2D eigenvalue weighted by Gasteiger charge is -2.27. The van der Waals surface area contributed by atoms with Crippen molar-refractivity contribution in [2.45, 2.75) is 58.0 Å². The van der Waals surface area contributed by atoms with Crippen LogP contribution in [0.5, 0.6) is 0 Å². The van der Waals surface area contributed by atoms with Crippen molar-refractivity contribution in [1.29, 1.82) is 0 Å². The topological polar surface area (TPSA) is 58.1 Å². The third kappa shape index (κ3) is 5.24. The van der Waals surface area contributed by atoms with Crippen molar-refractivity contribution in [3.63, 3.8) is 0 Å². The van der Waals surface area contributed by atoms with Crippen LogP contribution in [0.2, 0.25) is 0 Å². The molecular weight excluding hydrogens is 351 g/mol. The summed E-state index contributed by atoms with van der Waals surface area (Å²) in [6, 6.07) is 7.09. The molecule has 7 heteroatoms. The number of anilines is 1. The second-order valence-electron chi connectivity index (χ2n) is 6.84. The van der Waals surface area contributed by atoms with Gasteiger partial charge in [0.1, 0.15) is 11.6 Å². The van der Waals surface area contributed by atoms with Crippen LogP contribution >= 0.6 is 11.5 Å². The van der Waals surface area contributed by atoms with Gasteiger partial charge in [0.15, 0.2) is 0 Å². The van der Waals surface area contributed by atoms with E-state index in [2.05, 4.69) is 33.4 Å². The molecule has 1 N–H and O–H groups in total. The molecule has 1 unspecified atom stereocenters. The van der Waals surface area contributed by atoms with Crippen LogP contribution in [0, 0.1) is 5.82 Å². The van der Waals surface area contributed by atoms with Gasteiger partial charge in [-0.3, -0.25) is 4.79 Å². The Kier molecular flexibility index (Phi) is 6.19. The number of benzene rings is 1. The highest BCUT2D eigenvalue weighted by Crippen LogP contribution is 2.23. The Balaban J connectivity index is 1.63. The van der Waals surface area contributed by atoms with Crippen LogP contribution in [0.3, 0.4) is 0 Å². The molecule has 1 aliphatic rings. The van der Waals surface area contributed by atoms with Crippen LogP contribution in [0.25, 0.3) is 0 Å². The van der Waals surface area contributed by atoms with Crippen molar-refractivity contribution in [2.24, 2.45) is 0 Å². The highest BCUT2D eigenvalue weighted by molar-refractivity contribution is 7.09. The quantitative estimate of drug-likeness (QED) is 0.727. The first-order valence-corrected chi connectivity index (χ1v) is 9.95. The molecule has 1 amide bonds. The third-order valence-electron chi connectivity index (χ3n) is 4.62. The molecule has 1 fully saturated rings. The number of nitrogens with zero attached hydrogens (tertiary/aromatic N) is 3. The molecule has 1 heterocycles.